The lowest BCUT2D eigenvalue weighted by molar-refractivity contribution is 0.626. The number of alkyl halides is 1. The van der Waals surface area contributed by atoms with E-state index in [0.717, 1.165) is 16.7 Å². The summed E-state index contributed by atoms with van der Waals surface area (Å²) < 4.78 is 13.7. The highest BCUT2D eigenvalue weighted by molar-refractivity contribution is 6.33. The Bertz CT molecular complexity index is 676. The van der Waals surface area contributed by atoms with Gasteiger partial charge in [0.25, 0.3) is 0 Å². The van der Waals surface area contributed by atoms with Crippen LogP contribution in [0.5, 0.6) is 0 Å². The van der Waals surface area contributed by atoms with Gasteiger partial charge >= 0.3 is 0 Å². The predicted molar refractivity (Wildman–Crippen MR) is 89.2 cm³/mol. The summed E-state index contributed by atoms with van der Waals surface area (Å²) in [7, 11) is 0. The highest BCUT2D eigenvalue weighted by atomic mass is 35.5. The number of rotatable bonds is 2. The van der Waals surface area contributed by atoms with Crippen LogP contribution in [-0.4, -0.2) is 0 Å². The van der Waals surface area contributed by atoms with Crippen molar-refractivity contribution in [2.75, 3.05) is 0 Å². The Balaban J connectivity index is 2.70. The molecule has 0 radical (unpaired) electrons. The first-order valence-electron chi connectivity index (χ1n) is 6.92. The molecule has 2 rings (SSSR count). The first-order chi connectivity index (χ1) is 9.77. The van der Waals surface area contributed by atoms with Crippen LogP contribution in [0.15, 0.2) is 18.2 Å². The standard InChI is InChI=1S/C18H19Cl2F/c1-9-10(2)12(4)16(13(5)11(9)3)18(20)14-7-6-8-15(21)17(14)19/h6-8,18H,1-5H3. The summed E-state index contributed by atoms with van der Waals surface area (Å²) >= 11 is 12.8. The molecule has 3 heteroatoms. The van der Waals surface area contributed by atoms with Crippen molar-refractivity contribution in [2.45, 2.75) is 40.0 Å². The van der Waals surface area contributed by atoms with Crippen molar-refractivity contribution in [1.29, 1.82) is 0 Å². The molecule has 2 aromatic rings. The van der Waals surface area contributed by atoms with Crippen LogP contribution in [0.4, 0.5) is 4.39 Å². The van der Waals surface area contributed by atoms with Gasteiger partial charge in [-0.3, -0.25) is 0 Å². The fourth-order valence-corrected chi connectivity index (χ4v) is 3.58. The molecule has 0 heterocycles. The molecule has 0 fully saturated rings. The maximum Gasteiger partial charge on any atom is 0.142 e. The van der Waals surface area contributed by atoms with Crippen molar-refractivity contribution >= 4 is 23.2 Å². The maximum atomic E-state index is 13.7. The smallest absolute Gasteiger partial charge is 0.142 e. The van der Waals surface area contributed by atoms with E-state index < -0.39 is 11.2 Å². The number of hydrogen-bond acceptors (Lipinski definition) is 0. The van der Waals surface area contributed by atoms with Crippen LogP contribution in [0.3, 0.4) is 0 Å². The molecular weight excluding hydrogens is 306 g/mol. The van der Waals surface area contributed by atoms with Gasteiger partial charge in [0.2, 0.25) is 0 Å². The van der Waals surface area contributed by atoms with Gasteiger partial charge in [-0.1, -0.05) is 23.7 Å². The van der Waals surface area contributed by atoms with Crippen molar-refractivity contribution in [3.05, 3.63) is 68.0 Å². The average Bonchev–Trinajstić information content (AvgIpc) is 2.46. The minimum atomic E-state index is -0.453. The topological polar surface area (TPSA) is 0 Å². The monoisotopic (exact) mass is 324 g/mol. The van der Waals surface area contributed by atoms with Gasteiger partial charge in [0.1, 0.15) is 5.82 Å². The van der Waals surface area contributed by atoms with Crippen molar-refractivity contribution in [3.8, 4) is 0 Å². The third-order valence-corrected chi connectivity index (χ3v) is 5.42. The van der Waals surface area contributed by atoms with Gasteiger partial charge < -0.3 is 0 Å². The van der Waals surface area contributed by atoms with Crippen molar-refractivity contribution in [2.24, 2.45) is 0 Å². The Morgan fingerprint density at radius 3 is 1.86 bits per heavy atom. The molecule has 0 saturated carbocycles. The fraction of sp³-hybridized carbons (Fsp3) is 0.333. The van der Waals surface area contributed by atoms with Crippen LogP contribution in [-0.2, 0) is 0 Å². The van der Waals surface area contributed by atoms with Crippen molar-refractivity contribution < 1.29 is 4.39 Å². The van der Waals surface area contributed by atoms with Crippen molar-refractivity contribution in [1.82, 2.24) is 0 Å². The largest absolute Gasteiger partial charge is 0.205 e. The first kappa shape index (κ1) is 16.3. The predicted octanol–water partition coefficient (Wildman–Crippen LogP) is 6.35. The second-order valence-electron chi connectivity index (χ2n) is 5.54. The minimum absolute atomic E-state index is 0.104. The Morgan fingerprint density at radius 2 is 1.33 bits per heavy atom. The lowest BCUT2D eigenvalue weighted by atomic mass is 9.86. The van der Waals surface area contributed by atoms with E-state index in [2.05, 4.69) is 34.6 Å². The van der Waals surface area contributed by atoms with Crippen LogP contribution in [0, 0.1) is 40.4 Å². The zero-order chi connectivity index (χ0) is 15.9. The molecule has 0 aliphatic carbocycles. The molecule has 0 saturated heterocycles. The van der Waals surface area contributed by atoms with Crippen LogP contribution in [0.1, 0.15) is 44.3 Å². The lowest BCUT2D eigenvalue weighted by Gasteiger charge is -2.23. The van der Waals surface area contributed by atoms with Gasteiger partial charge in [0.15, 0.2) is 0 Å². The summed E-state index contributed by atoms with van der Waals surface area (Å²) in [6.45, 7) is 10.4. The van der Waals surface area contributed by atoms with E-state index in [-0.39, 0.29) is 5.02 Å². The quantitative estimate of drug-likeness (QED) is 0.564. The Labute approximate surface area is 135 Å². The van der Waals surface area contributed by atoms with Crippen molar-refractivity contribution in [3.63, 3.8) is 0 Å². The molecule has 0 spiro atoms. The number of halogens is 3. The summed E-state index contributed by atoms with van der Waals surface area (Å²) in [6, 6.07) is 4.78. The zero-order valence-electron chi connectivity index (χ0n) is 12.9. The summed E-state index contributed by atoms with van der Waals surface area (Å²) in [5.74, 6) is -0.435. The number of benzene rings is 2. The third kappa shape index (κ3) is 2.69. The molecule has 21 heavy (non-hydrogen) atoms. The van der Waals surface area contributed by atoms with E-state index in [1.165, 1.54) is 22.8 Å². The lowest BCUT2D eigenvalue weighted by Crippen LogP contribution is -2.06. The second kappa shape index (κ2) is 5.98. The third-order valence-electron chi connectivity index (χ3n) is 4.57. The van der Waals surface area contributed by atoms with Crippen LogP contribution < -0.4 is 0 Å². The molecule has 1 unspecified atom stereocenters. The van der Waals surface area contributed by atoms with E-state index in [9.17, 15) is 4.39 Å². The van der Waals surface area contributed by atoms with Crippen LogP contribution >= 0.6 is 23.2 Å². The second-order valence-corrected chi connectivity index (χ2v) is 6.36. The number of hydrogen-bond donors (Lipinski definition) is 0. The molecule has 0 aromatic heterocycles. The van der Waals surface area contributed by atoms with E-state index in [1.54, 1.807) is 12.1 Å². The van der Waals surface area contributed by atoms with Gasteiger partial charge in [-0.15, -0.1) is 11.6 Å². The molecule has 0 aliphatic rings. The molecule has 0 aliphatic heterocycles. The average molecular weight is 325 g/mol. The summed E-state index contributed by atoms with van der Waals surface area (Å²) in [6.07, 6.45) is 0. The summed E-state index contributed by atoms with van der Waals surface area (Å²) in [5, 5.41) is -0.349. The highest BCUT2D eigenvalue weighted by Crippen LogP contribution is 2.40. The molecular formula is C18H19Cl2F. The zero-order valence-corrected chi connectivity index (χ0v) is 14.5. The normalized spacial score (nSPS) is 12.6. The molecule has 0 nitrogen and oxygen atoms in total. The molecule has 112 valence electrons. The molecule has 0 bridgehead atoms. The van der Waals surface area contributed by atoms with E-state index >= 15 is 0 Å². The summed E-state index contributed by atoms with van der Waals surface area (Å²) in [4.78, 5) is 0. The Morgan fingerprint density at radius 1 is 0.857 bits per heavy atom. The maximum absolute atomic E-state index is 13.7. The van der Waals surface area contributed by atoms with E-state index in [0.29, 0.717) is 5.56 Å². The minimum Gasteiger partial charge on any atom is -0.205 e. The first-order valence-corrected chi connectivity index (χ1v) is 7.73. The highest BCUT2D eigenvalue weighted by Gasteiger charge is 2.22. The molecule has 0 N–H and O–H groups in total. The van der Waals surface area contributed by atoms with Crippen LogP contribution in [0.2, 0.25) is 5.02 Å². The summed E-state index contributed by atoms with van der Waals surface area (Å²) in [5.41, 5.74) is 7.68. The fourth-order valence-electron chi connectivity index (χ4n) is 2.78. The molecule has 2 aromatic carbocycles. The van der Waals surface area contributed by atoms with Gasteiger partial charge in [-0.25, -0.2) is 4.39 Å². The van der Waals surface area contributed by atoms with Gasteiger partial charge in [0, 0.05) is 0 Å². The van der Waals surface area contributed by atoms with E-state index in [4.69, 9.17) is 23.2 Å². The molecule has 0 amide bonds. The molecule has 1 atom stereocenters. The van der Waals surface area contributed by atoms with Gasteiger partial charge in [-0.2, -0.15) is 0 Å². The Hall–Kier alpha value is -1.05. The van der Waals surface area contributed by atoms with Gasteiger partial charge in [0.05, 0.1) is 10.4 Å². The Kier molecular flexibility index (Phi) is 4.65. The van der Waals surface area contributed by atoms with E-state index in [1.807, 2.05) is 0 Å². The SMILES string of the molecule is Cc1c(C)c(C)c(C(Cl)c2cccc(F)c2Cl)c(C)c1C. The van der Waals surface area contributed by atoms with Crippen LogP contribution in [0.25, 0.3) is 0 Å². The van der Waals surface area contributed by atoms with Gasteiger partial charge in [-0.05, 0) is 79.6 Å².